The number of nitrogens with two attached hydrogens (primary N) is 1. The van der Waals surface area contributed by atoms with Crippen LogP contribution in [0.25, 0.3) is 10.8 Å². The van der Waals surface area contributed by atoms with Crippen molar-refractivity contribution in [3.8, 4) is 0 Å². The maximum absolute atomic E-state index is 13.7. The molecule has 0 spiro atoms. The first-order valence-corrected chi connectivity index (χ1v) is 12.3. The van der Waals surface area contributed by atoms with Crippen molar-refractivity contribution in [1.82, 2.24) is 0 Å². The fourth-order valence-corrected chi connectivity index (χ4v) is 5.90. The van der Waals surface area contributed by atoms with Crippen LogP contribution < -0.4 is 10.0 Å². The van der Waals surface area contributed by atoms with Crippen molar-refractivity contribution < 1.29 is 23.1 Å². The van der Waals surface area contributed by atoms with E-state index in [9.17, 15) is 23.1 Å². The van der Waals surface area contributed by atoms with Crippen molar-refractivity contribution in [2.45, 2.75) is 37.1 Å². The lowest BCUT2D eigenvalue weighted by Crippen LogP contribution is -2.45. The summed E-state index contributed by atoms with van der Waals surface area (Å²) in [5, 5.41) is 11.4. The van der Waals surface area contributed by atoms with E-state index in [1.807, 2.05) is 6.92 Å². The highest BCUT2D eigenvalue weighted by atomic mass is 35.5. The lowest BCUT2D eigenvalue weighted by molar-refractivity contribution is -0.138. The Bertz CT molecular complexity index is 1310. The zero-order chi connectivity index (χ0) is 24.3. The first-order chi connectivity index (χ1) is 15.5. The summed E-state index contributed by atoms with van der Waals surface area (Å²) in [7, 11) is -4.35. The largest absolute Gasteiger partial charge is 0.480 e. The predicted molar refractivity (Wildman–Crippen MR) is 130 cm³/mol. The van der Waals surface area contributed by atoms with Crippen LogP contribution in [0, 0.1) is 0 Å². The molecule has 3 N–H and O–H groups in total. The third-order valence-corrected chi connectivity index (χ3v) is 7.41. The highest BCUT2D eigenvalue weighted by Gasteiger charge is 2.36. The number of unbranched alkanes of at least 4 members (excludes halogenated alkanes) is 1. The van der Waals surface area contributed by atoms with Crippen LogP contribution in [0.2, 0.25) is 10.0 Å². The van der Waals surface area contributed by atoms with Crippen LogP contribution in [-0.2, 0) is 14.8 Å². The molecule has 0 heterocycles. The molecule has 1 atom stereocenters. The number of carbonyl (C=O) groups is 2. The minimum Gasteiger partial charge on any atom is -0.480 e. The highest BCUT2D eigenvalue weighted by Crippen LogP contribution is 2.33. The number of amides is 1. The van der Waals surface area contributed by atoms with Gasteiger partial charge in [0.15, 0.2) is 0 Å². The third-order valence-electron chi connectivity index (χ3n) is 5.15. The smallest absolute Gasteiger partial charge is 0.327 e. The fraction of sp³-hybridized carbons (Fsp3) is 0.217. The van der Waals surface area contributed by atoms with Crippen molar-refractivity contribution in [3.05, 3.63) is 70.2 Å². The third kappa shape index (κ3) is 5.40. The molecule has 33 heavy (non-hydrogen) atoms. The molecule has 7 nitrogen and oxygen atoms in total. The molecule has 3 rings (SSSR count). The number of hydrogen-bond donors (Lipinski definition) is 2. The summed E-state index contributed by atoms with van der Waals surface area (Å²) >= 11 is 12.1. The Kier molecular flexibility index (Phi) is 7.51. The number of carboxylic acids is 1. The number of halogens is 2. The number of primary amides is 1. The van der Waals surface area contributed by atoms with Gasteiger partial charge in [-0.15, -0.1) is 0 Å². The van der Waals surface area contributed by atoms with E-state index in [2.05, 4.69) is 0 Å². The first kappa shape index (κ1) is 24.8. The number of fused-ring (bicyclic) bond motifs is 1. The van der Waals surface area contributed by atoms with E-state index in [1.54, 1.807) is 24.3 Å². The van der Waals surface area contributed by atoms with E-state index in [4.69, 9.17) is 28.9 Å². The lowest BCUT2D eigenvalue weighted by Gasteiger charge is -2.30. The van der Waals surface area contributed by atoms with Gasteiger partial charge in [0.05, 0.1) is 10.6 Å². The fourth-order valence-electron chi connectivity index (χ4n) is 3.54. The van der Waals surface area contributed by atoms with Crippen LogP contribution in [0.3, 0.4) is 0 Å². The number of sulfonamides is 1. The van der Waals surface area contributed by atoms with Gasteiger partial charge in [-0.1, -0.05) is 55.1 Å². The molecule has 1 unspecified atom stereocenters. The number of nitrogens with zero attached hydrogens (tertiary/aromatic N) is 1. The molecular formula is C23H22Cl2N2O5S. The van der Waals surface area contributed by atoms with Gasteiger partial charge in [-0.2, -0.15) is 0 Å². The second kappa shape index (κ2) is 9.99. The Balaban J connectivity index is 2.23. The van der Waals surface area contributed by atoms with Gasteiger partial charge in [0.2, 0.25) is 5.91 Å². The molecule has 3 aromatic rings. The van der Waals surface area contributed by atoms with Gasteiger partial charge in [-0.05, 0) is 59.7 Å². The normalized spacial score (nSPS) is 12.5. The minimum absolute atomic E-state index is 0.109. The van der Waals surface area contributed by atoms with Crippen LogP contribution >= 0.6 is 23.2 Å². The van der Waals surface area contributed by atoms with E-state index in [0.717, 1.165) is 4.31 Å². The molecule has 174 valence electrons. The Hall–Kier alpha value is -2.81. The molecule has 3 aromatic carbocycles. The van der Waals surface area contributed by atoms with E-state index in [0.29, 0.717) is 29.2 Å². The summed E-state index contributed by atoms with van der Waals surface area (Å²) in [5.74, 6) is -1.86. The molecule has 0 saturated carbocycles. The minimum atomic E-state index is -4.35. The zero-order valence-electron chi connectivity index (χ0n) is 17.7. The van der Waals surface area contributed by atoms with Crippen LogP contribution in [-0.4, -0.2) is 31.4 Å². The average molecular weight is 509 g/mol. The molecule has 10 heteroatoms. The van der Waals surface area contributed by atoms with Crippen LogP contribution in [0.15, 0.2) is 59.5 Å². The topological polar surface area (TPSA) is 118 Å². The van der Waals surface area contributed by atoms with E-state index >= 15 is 0 Å². The molecule has 0 aromatic heterocycles. The van der Waals surface area contributed by atoms with Crippen molar-refractivity contribution >= 4 is 61.6 Å². The molecule has 1 amide bonds. The maximum Gasteiger partial charge on any atom is 0.327 e. The number of aliphatic carboxylic acids is 1. The number of rotatable bonds is 9. The molecule has 0 aliphatic rings. The molecule has 0 aliphatic heterocycles. The monoisotopic (exact) mass is 508 g/mol. The van der Waals surface area contributed by atoms with Gasteiger partial charge in [0.1, 0.15) is 6.04 Å². The van der Waals surface area contributed by atoms with Crippen LogP contribution in [0.5, 0.6) is 0 Å². The number of hydrogen-bond acceptors (Lipinski definition) is 4. The summed E-state index contributed by atoms with van der Waals surface area (Å²) in [6.07, 6.45) is 1.31. The van der Waals surface area contributed by atoms with E-state index in [-0.39, 0.29) is 27.0 Å². The Morgan fingerprint density at radius 2 is 1.61 bits per heavy atom. The summed E-state index contributed by atoms with van der Waals surface area (Å²) < 4.78 is 28.3. The Labute approximate surface area is 201 Å². The number of carbonyl (C=O) groups excluding carboxylic acids is 1. The zero-order valence-corrected chi connectivity index (χ0v) is 20.0. The Morgan fingerprint density at radius 1 is 1.00 bits per heavy atom. The predicted octanol–water partition coefficient (Wildman–Crippen LogP) is 5.08. The second-order valence-electron chi connectivity index (χ2n) is 7.51. The first-order valence-electron chi connectivity index (χ1n) is 10.1. The van der Waals surface area contributed by atoms with Gasteiger partial charge in [-0.3, -0.25) is 9.10 Å². The lowest BCUT2D eigenvalue weighted by atomic mass is 10.0. The molecular weight excluding hydrogens is 487 g/mol. The standard InChI is InChI=1S/C23H22Cl2N2O5S/c1-2-3-4-21(23(29)30)27(33(31,32)20-12-17(24)11-18(25)13-20)19-8-7-14-9-16(22(26)28)6-5-15(14)10-19/h5-13,21H,2-4H2,1H3,(H2,26,28)(H,29,30). The summed E-state index contributed by atoms with van der Waals surface area (Å²) in [6, 6.07) is 11.9. The molecule has 0 fully saturated rings. The number of carboxylic acid groups (broad SMARTS) is 1. The van der Waals surface area contributed by atoms with Gasteiger partial charge in [0, 0.05) is 15.6 Å². The number of anilines is 1. The van der Waals surface area contributed by atoms with Crippen molar-refractivity contribution in [1.29, 1.82) is 0 Å². The Morgan fingerprint density at radius 3 is 2.18 bits per heavy atom. The summed E-state index contributed by atoms with van der Waals surface area (Å²) in [4.78, 5) is 23.5. The summed E-state index contributed by atoms with van der Waals surface area (Å²) in [5.41, 5.74) is 5.80. The molecule has 0 radical (unpaired) electrons. The van der Waals surface area contributed by atoms with Crippen molar-refractivity contribution in [3.63, 3.8) is 0 Å². The van der Waals surface area contributed by atoms with Crippen LogP contribution in [0.4, 0.5) is 5.69 Å². The van der Waals surface area contributed by atoms with Crippen LogP contribution in [0.1, 0.15) is 36.5 Å². The van der Waals surface area contributed by atoms with Gasteiger partial charge in [0.25, 0.3) is 10.0 Å². The van der Waals surface area contributed by atoms with Crippen molar-refractivity contribution in [2.24, 2.45) is 5.73 Å². The second-order valence-corrected chi connectivity index (χ2v) is 10.2. The SMILES string of the molecule is CCCCC(C(=O)O)N(c1ccc2cc(C(N)=O)ccc2c1)S(=O)(=O)c1cc(Cl)cc(Cl)c1. The average Bonchev–Trinajstić information content (AvgIpc) is 2.74. The maximum atomic E-state index is 13.7. The van der Waals surface area contributed by atoms with Gasteiger partial charge < -0.3 is 10.8 Å². The molecule has 0 saturated heterocycles. The highest BCUT2D eigenvalue weighted by molar-refractivity contribution is 7.93. The van der Waals surface area contributed by atoms with Crippen molar-refractivity contribution in [2.75, 3.05) is 4.31 Å². The van der Waals surface area contributed by atoms with E-state index < -0.39 is 27.9 Å². The quantitative estimate of drug-likeness (QED) is 0.417. The molecule has 0 bridgehead atoms. The number of benzene rings is 3. The molecule has 0 aliphatic carbocycles. The summed E-state index contributed by atoms with van der Waals surface area (Å²) in [6.45, 7) is 1.89. The van der Waals surface area contributed by atoms with Gasteiger partial charge in [-0.25, -0.2) is 13.2 Å². The van der Waals surface area contributed by atoms with E-state index in [1.165, 1.54) is 30.3 Å². The van der Waals surface area contributed by atoms with Gasteiger partial charge >= 0.3 is 5.97 Å².